The smallest absolute Gasteiger partial charge is 0.335 e. The van der Waals surface area contributed by atoms with E-state index < -0.39 is 16.1 Å². The van der Waals surface area contributed by atoms with E-state index in [9.17, 15) is 13.2 Å². The molecule has 0 atom stereocenters. The molecule has 2 aliphatic heterocycles. The Kier molecular flexibility index (Phi) is 6.01. The summed E-state index contributed by atoms with van der Waals surface area (Å²) in [5, 5.41) is 2.84. The maximum atomic E-state index is 12.9. The molecule has 0 spiro atoms. The van der Waals surface area contributed by atoms with E-state index in [2.05, 4.69) is 25.1 Å². The summed E-state index contributed by atoms with van der Waals surface area (Å²) in [7, 11) is -4.02. The van der Waals surface area contributed by atoms with Gasteiger partial charge in [-0.25, -0.2) is 27.5 Å². The number of anilines is 2. The number of sulfonamides is 1. The lowest BCUT2D eigenvalue weighted by molar-refractivity contribution is 0.225. The number of nitrogens with zero attached hydrogens (tertiary/aromatic N) is 5. The summed E-state index contributed by atoms with van der Waals surface area (Å²) >= 11 is 12.0. The molecule has 1 fully saturated rings. The van der Waals surface area contributed by atoms with Crippen molar-refractivity contribution in [2.75, 3.05) is 49.5 Å². The molecule has 12 heteroatoms. The van der Waals surface area contributed by atoms with Crippen molar-refractivity contribution in [3.05, 3.63) is 40.6 Å². The molecule has 2 amide bonds. The number of hydrogen-bond acceptors (Lipinski definition) is 7. The Bertz CT molecular complexity index is 1050. The zero-order valence-electron chi connectivity index (χ0n) is 16.0. The van der Waals surface area contributed by atoms with Crippen LogP contribution in [0.15, 0.2) is 35.5 Å². The summed E-state index contributed by atoms with van der Waals surface area (Å²) in [4.78, 5) is 25.2. The quantitative estimate of drug-likeness (QED) is 0.716. The van der Waals surface area contributed by atoms with Crippen molar-refractivity contribution >= 4 is 50.9 Å². The first-order valence-electron chi connectivity index (χ1n) is 9.43. The second-order valence-electron chi connectivity index (χ2n) is 7.00. The van der Waals surface area contributed by atoms with E-state index in [0.29, 0.717) is 18.9 Å². The van der Waals surface area contributed by atoms with Gasteiger partial charge in [-0.05, 0) is 24.6 Å². The van der Waals surface area contributed by atoms with Gasteiger partial charge in [-0.1, -0.05) is 23.2 Å². The summed E-state index contributed by atoms with van der Waals surface area (Å²) in [5.41, 5.74) is 0.0709. The molecule has 1 saturated heterocycles. The van der Waals surface area contributed by atoms with Crippen molar-refractivity contribution in [2.45, 2.75) is 11.3 Å². The van der Waals surface area contributed by atoms with Gasteiger partial charge in [0.15, 0.2) is 0 Å². The summed E-state index contributed by atoms with van der Waals surface area (Å²) in [6.07, 6.45) is 3.95. The van der Waals surface area contributed by atoms with Gasteiger partial charge in [-0.15, -0.1) is 0 Å². The number of fused-ring (bicyclic) bond motifs is 1. The van der Waals surface area contributed by atoms with Gasteiger partial charge in [0, 0.05) is 56.7 Å². The predicted molar refractivity (Wildman–Crippen MR) is 115 cm³/mol. The van der Waals surface area contributed by atoms with Crippen LogP contribution >= 0.6 is 23.2 Å². The topological polar surface area (TPSA) is 98.7 Å². The third-order valence-electron chi connectivity index (χ3n) is 5.09. The molecule has 0 radical (unpaired) electrons. The summed E-state index contributed by atoms with van der Waals surface area (Å²) in [5.74, 6) is 0.712. The van der Waals surface area contributed by atoms with Gasteiger partial charge in [-0.3, -0.25) is 4.90 Å². The highest BCUT2D eigenvalue weighted by molar-refractivity contribution is 7.90. The number of rotatable bonds is 5. The number of aromatic nitrogens is 2. The Morgan fingerprint density at radius 3 is 2.43 bits per heavy atom. The molecule has 0 aliphatic carbocycles. The molecule has 160 valence electrons. The number of halogens is 2. The van der Waals surface area contributed by atoms with E-state index in [4.69, 9.17) is 23.2 Å². The Balaban J connectivity index is 1.35. The van der Waals surface area contributed by atoms with Gasteiger partial charge in [0.1, 0.15) is 4.90 Å². The van der Waals surface area contributed by atoms with E-state index in [1.807, 2.05) is 0 Å². The normalized spacial score (nSPS) is 18.8. The molecule has 9 nitrogen and oxygen atoms in total. The van der Waals surface area contributed by atoms with Gasteiger partial charge in [0.05, 0.1) is 10.7 Å². The van der Waals surface area contributed by atoms with Crippen molar-refractivity contribution in [1.82, 2.24) is 19.2 Å². The fourth-order valence-corrected chi connectivity index (χ4v) is 5.78. The van der Waals surface area contributed by atoms with Gasteiger partial charge in [0.2, 0.25) is 5.95 Å². The highest BCUT2D eigenvalue weighted by Crippen LogP contribution is 2.38. The monoisotopic (exact) mass is 470 g/mol. The predicted octanol–water partition coefficient (Wildman–Crippen LogP) is 2.53. The molecule has 0 unspecified atom stereocenters. The van der Waals surface area contributed by atoms with Crippen molar-refractivity contribution in [3.63, 3.8) is 0 Å². The summed E-state index contributed by atoms with van der Waals surface area (Å²) in [6.45, 7) is 3.94. The molecule has 4 rings (SSSR count). The number of hydrogen-bond donors (Lipinski definition) is 1. The highest BCUT2D eigenvalue weighted by Gasteiger charge is 2.37. The van der Waals surface area contributed by atoms with Crippen LogP contribution in [-0.4, -0.2) is 72.9 Å². The van der Waals surface area contributed by atoms with Crippen LogP contribution in [0.25, 0.3) is 0 Å². The fourth-order valence-electron chi connectivity index (χ4n) is 3.56. The van der Waals surface area contributed by atoms with Gasteiger partial charge in [0.25, 0.3) is 10.0 Å². The molecular formula is C18H20Cl2N6O3S. The number of nitrogens with one attached hydrogen (secondary N) is 1. The lowest BCUT2D eigenvalue weighted by Crippen LogP contribution is -2.48. The summed E-state index contributed by atoms with van der Waals surface area (Å²) in [6, 6.07) is 3.77. The first kappa shape index (κ1) is 21.1. The van der Waals surface area contributed by atoms with E-state index in [1.54, 1.807) is 18.5 Å². The maximum Gasteiger partial charge on any atom is 0.335 e. The maximum absolute atomic E-state index is 12.9. The van der Waals surface area contributed by atoms with Gasteiger partial charge >= 0.3 is 6.03 Å². The molecule has 0 bridgehead atoms. The Hall–Kier alpha value is -2.14. The van der Waals surface area contributed by atoms with Crippen LogP contribution in [0.5, 0.6) is 0 Å². The van der Waals surface area contributed by atoms with E-state index in [0.717, 1.165) is 30.5 Å². The van der Waals surface area contributed by atoms with Crippen LogP contribution < -0.4 is 10.2 Å². The molecular weight excluding hydrogens is 451 g/mol. The number of amides is 2. The molecule has 3 heterocycles. The number of carbonyl (C=O) groups excluding carboxylic acids is 1. The van der Waals surface area contributed by atoms with E-state index >= 15 is 0 Å². The molecule has 0 saturated carbocycles. The zero-order valence-corrected chi connectivity index (χ0v) is 18.3. The van der Waals surface area contributed by atoms with Crippen LogP contribution in [0.4, 0.5) is 16.4 Å². The van der Waals surface area contributed by atoms with E-state index in [1.165, 1.54) is 12.1 Å². The third kappa shape index (κ3) is 4.18. The lowest BCUT2D eigenvalue weighted by atomic mass is 10.3. The SMILES string of the molecule is O=C1Nc2c(Cl)cc(Cl)cc2S(=O)(=O)N1CCCN1CCN(c2ncccn2)CC1. The number of benzene rings is 1. The first-order valence-corrected chi connectivity index (χ1v) is 11.6. The number of piperazine rings is 1. The van der Waals surface area contributed by atoms with E-state index in [-0.39, 0.29) is 27.2 Å². The summed E-state index contributed by atoms with van der Waals surface area (Å²) < 4.78 is 26.7. The number of urea groups is 1. The minimum Gasteiger partial charge on any atom is -0.338 e. The van der Waals surface area contributed by atoms with Gasteiger partial charge < -0.3 is 10.2 Å². The van der Waals surface area contributed by atoms with Crippen molar-refractivity contribution in [1.29, 1.82) is 0 Å². The number of carbonyl (C=O) groups is 1. The van der Waals surface area contributed by atoms with Crippen molar-refractivity contribution < 1.29 is 13.2 Å². The minimum atomic E-state index is -4.02. The minimum absolute atomic E-state index is 0.0692. The zero-order chi connectivity index (χ0) is 21.3. The standard InChI is InChI=1S/C18H20Cl2N6O3S/c19-13-11-14(20)16-15(12-13)30(28,29)26(18(27)23-16)6-2-5-24-7-9-25(10-8-24)17-21-3-1-4-22-17/h1,3-4,11-12H,2,5-10H2,(H,23,27). The Labute approximate surface area is 184 Å². The van der Waals surface area contributed by atoms with Crippen molar-refractivity contribution in [2.24, 2.45) is 0 Å². The second kappa shape index (κ2) is 8.54. The third-order valence-corrected chi connectivity index (χ3v) is 7.41. The molecule has 1 N–H and O–H groups in total. The molecule has 2 aliphatic rings. The van der Waals surface area contributed by atoms with Crippen LogP contribution in [0.1, 0.15) is 6.42 Å². The average Bonchev–Trinajstić information content (AvgIpc) is 2.73. The lowest BCUT2D eigenvalue weighted by Gasteiger charge is -2.35. The average molecular weight is 471 g/mol. The molecule has 30 heavy (non-hydrogen) atoms. The van der Waals surface area contributed by atoms with Crippen LogP contribution in [0, 0.1) is 0 Å². The van der Waals surface area contributed by atoms with Crippen LogP contribution in [0.2, 0.25) is 10.0 Å². The van der Waals surface area contributed by atoms with Crippen LogP contribution in [-0.2, 0) is 10.0 Å². The van der Waals surface area contributed by atoms with Crippen molar-refractivity contribution in [3.8, 4) is 0 Å². The largest absolute Gasteiger partial charge is 0.338 e. The molecule has 2 aromatic rings. The second-order valence-corrected chi connectivity index (χ2v) is 9.67. The highest BCUT2D eigenvalue weighted by atomic mass is 35.5. The van der Waals surface area contributed by atoms with Crippen LogP contribution in [0.3, 0.4) is 0 Å². The Morgan fingerprint density at radius 1 is 1.03 bits per heavy atom. The van der Waals surface area contributed by atoms with Gasteiger partial charge in [-0.2, -0.15) is 0 Å². The molecule has 1 aromatic carbocycles. The Morgan fingerprint density at radius 2 is 1.73 bits per heavy atom. The fraction of sp³-hybridized carbons (Fsp3) is 0.389. The first-order chi connectivity index (χ1) is 14.4. The molecule has 1 aromatic heterocycles.